The van der Waals surface area contributed by atoms with E-state index in [0.29, 0.717) is 0 Å². The second kappa shape index (κ2) is 8.20. The molecule has 19 heavy (non-hydrogen) atoms. The monoisotopic (exact) mass is 270 g/mol. The molecule has 0 amide bonds. The second-order valence-corrected chi connectivity index (χ2v) is 5.95. The van der Waals surface area contributed by atoms with Gasteiger partial charge < -0.3 is 14.8 Å². The Bertz CT molecular complexity index is 234. The molecule has 0 aromatic rings. The zero-order valence-corrected chi connectivity index (χ0v) is 12.6. The van der Waals surface area contributed by atoms with Crippen LogP contribution in [0.2, 0.25) is 0 Å². The van der Waals surface area contributed by atoms with Crippen LogP contribution < -0.4 is 5.32 Å². The molecule has 1 saturated carbocycles. The highest BCUT2D eigenvalue weighted by Gasteiger charge is 2.32. The van der Waals surface area contributed by atoms with Crippen LogP contribution in [0.5, 0.6) is 0 Å². The first-order valence-electron chi connectivity index (χ1n) is 7.85. The van der Waals surface area contributed by atoms with Gasteiger partial charge in [0.05, 0.1) is 12.2 Å². The lowest BCUT2D eigenvalue weighted by Crippen LogP contribution is -2.27. The van der Waals surface area contributed by atoms with E-state index >= 15 is 0 Å². The standard InChI is InChI=1S/C15H30N2O2/c1-18-14-11-17(12-15(14)19-2)10-6-4-3-5-9-16-13-7-8-13/h13-16H,3-12H2,1-2H3. The van der Waals surface area contributed by atoms with Gasteiger partial charge in [-0.15, -0.1) is 0 Å². The van der Waals surface area contributed by atoms with Crippen molar-refractivity contribution in [3.63, 3.8) is 0 Å². The molecule has 4 nitrogen and oxygen atoms in total. The Kier molecular flexibility index (Phi) is 6.57. The van der Waals surface area contributed by atoms with Gasteiger partial charge in [0.15, 0.2) is 0 Å². The van der Waals surface area contributed by atoms with Gasteiger partial charge in [0, 0.05) is 33.4 Å². The lowest BCUT2D eigenvalue weighted by Gasteiger charge is -2.14. The quantitative estimate of drug-likeness (QED) is 0.612. The number of hydrogen-bond donors (Lipinski definition) is 1. The van der Waals surface area contributed by atoms with Gasteiger partial charge in [0.25, 0.3) is 0 Å². The van der Waals surface area contributed by atoms with Crippen LogP contribution in [0, 0.1) is 0 Å². The third kappa shape index (κ3) is 5.38. The molecule has 2 aliphatic rings. The summed E-state index contributed by atoms with van der Waals surface area (Å²) in [7, 11) is 3.57. The van der Waals surface area contributed by atoms with Crippen LogP contribution in [0.3, 0.4) is 0 Å². The lowest BCUT2D eigenvalue weighted by molar-refractivity contribution is -0.00461. The molecule has 4 heteroatoms. The Morgan fingerprint density at radius 2 is 1.58 bits per heavy atom. The number of ether oxygens (including phenoxy) is 2. The van der Waals surface area contributed by atoms with Crippen molar-refractivity contribution in [1.82, 2.24) is 10.2 Å². The molecule has 0 bridgehead atoms. The molecular formula is C15H30N2O2. The van der Waals surface area contributed by atoms with Gasteiger partial charge in [0.1, 0.15) is 0 Å². The molecule has 2 fully saturated rings. The first kappa shape index (κ1) is 15.2. The lowest BCUT2D eigenvalue weighted by atomic mass is 10.2. The fourth-order valence-corrected chi connectivity index (χ4v) is 2.86. The van der Waals surface area contributed by atoms with E-state index in [1.165, 1.54) is 51.6 Å². The highest BCUT2D eigenvalue weighted by atomic mass is 16.5. The molecule has 0 spiro atoms. The Hall–Kier alpha value is -0.160. The van der Waals surface area contributed by atoms with Crippen LogP contribution in [0.15, 0.2) is 0 Å². The zero-order chi connectivity index (χ0) is 13.5. The summed E-state index contributed by atoms with van der Waals surface area (Å²) in [6.45, 7) is 4.46. The maximum atomic E-state index is 5.46. The Labute approximate surface area is 117 Å². The normalized spacial score (nSPS) is 28.1. The molecule has 2 atom stereocenters. The molecule has 1 N–H and O–H groups in total. The number of methoxy groups -OCH3 is 2. The van der Waals surface area contributed by atoms with Crippen LogP contribution in [0.4, 0.5) is 0 Å². The van der Waals surface area contributed by atoms with Gasteiger partial charge in [-0.1, -0.05) is 12.8 Å². The van der Waals surface area contributed by atoms with Gasteiger partial charge in [0.2, 0.25) is 0 Å². The van der Waals surface area contributed by atoms with Crippen molar-refractivity contribution in [3.05, 3.63) is 0 Å². The van der Waals surface area contributed by atoms with Crippen molar-refractivity contribution in [2.24, 2.45) is 0 Å². The van der Waals surface area contributed by atoms with Crippen molar-refractivity contribution in [2.45, 2.75) is 56.8 Å². The predicted octanol–water partition coefficient (Wildman–Crippen LogP) is 1.64. The van der Waals surface area contributed by atoms with Crippen molar-refractivity contribution < 1.29 is 9.47 Å². The van der Waals surface area contributed by atoms with Crippen molar-refractivity contribution in [1.29, 1.82) is 0 Å². The summed E-state index contributed by atoms with van der Waals surface area (Å²) in [4.78, 5) is 2.48. The summed E-state index contributed by atoms with van der Waals surface area (Å²) >= 11 is 0. The summed E-state index contributed by atoms with van der Waals surface area (Å²) in [5.74, 6) is 0. The Morgan fingerprint density at radius 1 is 0.947 bits per heavy atom. The topological polar surface area (TPSA) is 33.7 Å². The molecule has 0 aromatic carbocycles. The fraction of sp³-hybridized carbons (Fsp3) is 1.00. The third-order valence-electron chi connectivity index (χ3n) is 4.31. The number of nitrogens with zero attached hydrogens (tertiary/aromatic N) is 1. The van der Waals surface area contributed by atoms with Gasteiger partial charge >= 0.3 is 0 Å². The SMILES string of the molecule is COC1CN(CCCCCCNC2CC2)CC1OC. The minimum absolute atomic E-state index is 0.257. The molecule has 0 radical (unpaired) electrons. The smallest absolute Gasteiger partial charge is 0.0971 e. The summed E-state index contributed by atoms with van der Waals surface area (Å²) in [6, 6.07) is 0.863. The van der Waals surface area contributed by atoms with Crippen LogP contribution in [-0.4, -0.2) is 63.5 Å². The van der Waals surface area contributed by atoms with Gasteiger partial charge in [-0.3, -0.25) is 4.90 Å². The Balaban J connectivity index is 1.44. The number of rotatable bonds is 10. The van der Waals surface area contributed by atoms with E-state index in [4.69, 9.17) is 9.47 Å². The minimum atomic E-state index is 0.257. The molecule has 1 aliphatic heterocycles. The summed E-state index contributed by atoms with van der Waals surface area (Å²) in [5, 5.41) is 3.57. The van der Waals surface area contributed by atoms with E-state index in [-0.39, 0.29) is 12.2 Å². The van der Waals surface area contributed by atoms with Gasteiger partial charge in [-0.25, -0.2) is 0 Å². The van der Waals surface area contributed by atoms with E-state index in [0.717, 1.165) is 19.1 Å². The average molecular weight is 270 g/mol. The number of nitrogens with one attached hydrogen (secondary N) is 1. The molecule has 0 aromatic heterocycles. The number of likely N-dealkylation sites (tertiary alicyclic amines) is 1. The maximum absolute atomic E-state index is 5.46. The highest BCUT2D eigenvalue weighted by Crippen LogP contribution is 2.19. The number of unbranched alkanes of at least 4 members (excludes halogenated alkanes) is 3. The molecule has 1 aliphatic carbocycles. The summed E-state index contributed by atoms with van der Waals surface area (Å²) < 4.78 is 10.9. The Morgan fingerprint density at radius 3 is 2.16 bits per heavy atom. The van der Waals surface area contributed by atoms with Gasteiger partial charge in [-0.2, -0.15) is 0 Å². The maximum Gasteiger partial charge on any atom is 0.0971 e. The summed E-state index contributed by atoms with van der Waals surface area (Å²) in [5.41, 5.74) is 0. The van der Waals surface area contributed by atoms with Crippen molar-refractivity contribution in [3.8, 4) is 0 Å². The first-order valence-corrected chi connectivity index (χ1v) is 7.85. The summed E-state index contributed by atoms with van der Waals surface area (Å²) in [6.07, 6.45) is 8.65. The van der Waals surface area contributed by atoms with E-state index < -0.39 is 0 Å². The van der Waals surface area contributed by atoms with Crippen molar-refractivity contribution in [2.75, 3.05) is 40.4 Å². The van der Waals surface area contributed by atoms with Crippen LogP contribution in [0.25, 0.3) is 0 Å². The molecule has 112 valence electrons. The van der Waals surface area contributed by atoms with Crippen LogP contribution >= 0.6 is 0 Å². The highest BCUT2D eigenvalue weighted by molar-refractivity contribution is 4.85. The molecular weight excluding hydrogens is 240 g/mol. The first-order chi connectivity index (χ1) is 9.33. The minimum Gasteiger partial charge on any atom is -0.377 e. The zero-order valence-electron chi connectivity index (χ0n) is 12.6. The van der Waals surface area contributed by atoms with Crippen LogP contribution in [0.1, 0.15) is 38.5 Å². The third-order valence-corrected chi connectivity index (χ3v) is 4.31. The number of hydrogen-bond acceptors (Lipinski definition) is 4. The predicted molar refractivity (Wildman–Crippen MR) is 77.5 cm³/mol. The van der Waals surface area contributed by atoms with E-state index in [2.05, 4.69) is 10.2 Å². The second-order valence-electron chi connectivity index (χ2n) is 5.95. The molecule has 2 rings (SSSR count). The average Bonchev–Trinajstić information content (AvgIpc) is 3.16. The van der Waals surface area contributed by atoms with E-state index in [9.17, 15) is 0 Å². The van der Waals surface area contributed by atoms with E-state index in [1.54, 1.807) is 14.2 Å². The van der Waals surface area contributed by atoms with Gasteiger partial charge in [-0.05, 0) is 38.8 Å². The molecule has 2 unspecified atom stereocenters. The van der Waals surface area contributed by atoms with Crippen molar-refractivity contribution >= 4 is 0 Å². The fourth-order valence-electron chi connectivity index (χ4n) is 2.86. The van der Waals surface area contributed by atoms with Crippen LogP contribution in [-0.2, 0) is 9.47 Å². The van der Waals surface area contributed by atoms with E-state index in [1.807, 2.05) is 0 Å². The molecule has 1 heterocycles. The largest absolute Gasteiger partial charge is 0.377 e. The molecule has 1 saturated heterocycles.